The van der Waals surface area contributed by atoms with Gasteiger partial charge in [-0.2, -0.15) is 13.2 Å². The third kappa shape index (κ3) is 6.29. The molecular weight excluding hydrogens is 613 g/mol. The molecule has 1 radical (unpaired) electrons. The fourth-order valence-corrected chi connectivity index (χ4v) is 2.51. The van der Waals surface area contributed by atoms with Gasteiger partial charge in [-0.1, -0.05) is 31.7 Å². The van der Waals surface area contributed by atoms with Gasteiger partial charge in [-0.25, -0.2) is 4.98 Å². The molecule has 0 saturated carbocycles. The zero-order chi connectivity index (χ0) is 18.0. The van der Waals surface area contributed by atoms with Crippen LogP contribution in [0.15, 0.2) is 10.5 Å². The maximum absolute atomic E-state index is 13.2. The van der Waals surface area contributed by atoms with E-state index in [0.29, 0.717) is 31.7 Å². The summed E-state index contributed by atoms with van der Waals surface area (Å²) in [6, 6.07) is 0.613. The van der Waals surface area contributed by atoms with E-state index in [1.807, 2.05) is 0 Å². The van der Waals surface area contributed by atoms with Gasteiger partial charge in [-0.3, -0.25) is 0 Å². The molecule has 1 N–H and O–H groups in total. The van der Waals surface area contributed by atoms with Crippen molar-refractivity contribution in [2.24, 2.45) is 0 Å². The van der Waals surface area contributed by atoms with Gasteiger partial charge in [0, 0.05) is 20.4 Å². The third-order valence-electron chi connectivity index (χ3n) is 3.81. The normalized spacial score (nSPS) is 17.7. The number of alkyl halides is 3. The van der Waals surface area contributed by atoms with Crippen molar-refractivity contribution in [3.8, 4) is 17.5 Å². The van der Waals surface area contributed by atoms with Crippen LogP contribution in [0.4, 0.5) is 18.9 Å². The Balaban J connectivity index is 0.00000182. The molecule has 0 amide bonds. The Labute approximate surface area is 216 Å². The van der Waals surface area contributed by atoms with Crippen molar-refractivity contribution in [2.45, 2.75) is 44.4 Å². The molecule has 0 aromatic carbocycles. The predicted octanol–water partition coefficient (Wildman–Crippen LogP) is 0.580. The number of pyridine rings is 1. The van der Waals surface area contributed by atoms with Gasteiger partial charge in [0.05, 0.1) is 6.61 Å². The van der Waals surface area contributed by atoms with E-state index in [-0.39, 0.29) is 103 Å². The van der Waals surface area contributed by atoms with Crippen LogP contribution in [0.3, 0.4) is 0 Å². The number of fused-ring (bicyclic) bond motifs is 5. The number of hydrogen-bond donors (Lipinski definition) is 0. The summed E-state index contributed by atoms with van der Waals surface area (Å²) in [4.78, 5) is 3.77. The van der Waals surface area contributed by atoms with Gasteiger partial charge in [-0.05, 0) is 12.5 Å². The second-order valence-electron chi connectivity index (χ2n) is 5.72. The van der Waals surface area contributed by atoms with Crippen molar-refractivity contribution < 1.29 is 106 Å². The van der Waals surface area contributed by atoms with Crippen LogP contribution in [0.1, 0.15) is 49.7 Å². The minimum atomic E-state index is -4.71. The number of ether oxygens (including phenoxy) is 1. The van der Waals surface area contributed by atoms with Crippen molar-refractivity contribution in [1.29, 1.82) is 0 Å². The standard InChI is InChI=1S/C15H15F3N4O3.Rb.Re/c16-15(17,18)8-7-9(19)11-14-22-21-13(25-14)10(23)5-3-1-2-4-6-24-12(8)20-11;;/h7,10,19H,1-6H2;;/q-2;+1;. The number of nitrogens with zero attached hydrogens (tertiary/aromatic N) is 3. The minimum absolute atomic E-state index is 0. The Morgan fingerprint density at radius 1 is 1.15 bits per heavy atom. The molecule has 2 aromatic heterocycles. The van der Waals surface area contributed by atoms with Gasteiger partial charge in [0.25, 0.3) is 5.89 Å². The zero-order valence-electron chi connectivity index (χ0n) is 14.5. The number of aromatic nitrogens is 3. The van der Waals surface area contributed by atoms with Crippen LogP contribution in [-0.4, -0.2) is 21.8 Å². The van der Waals surface area contributed by atoms with Crippen LogP contribution in [0.25, 0.3) is 17.3 Å². The van der Waals surface area contributed by atoms with Crippen molar-refractivity contribution in [2.75, 3.05) is 6.61 Å². The summed E-state index contributed by atoms with van der Waals surface area (Å²) in [5, 5.41) is 19.3. The van der Waals surface area contributed by atoms with E-state index < -0.39 is 29.4 Å². The Kier molecular flexibility index (Phi) is 10.0. The van der Waals surface area contributed by atoms with E-state index in [1.54, 1.807) is 0 Å². The first-order valence-corrected chi connectivity index (χ1v) is 7.82. The van der Waals surface area contributed by atoms with Crippen molar-refractivity contribution >= 4 is 5.69 Å². The first kappa shape index (κ1) is 25.1. The zero-order valence-corrected chi connectivity index (χ0v) is 22.1. The SMILES string of the molecule is [NH-]c1cc(C(F)(F)F)c2nc1-c1nnc(o1)C([O-])CCCCCCO2.[Rb+].[Re]. The average Bonchev–Trinajstić information content (AvgIpc) is 3.02. The summed E-state index contributed by atoms with van der Waals surface area (Å²) in [5.41, 5.74) is 5.88. The number of halogens is 3. The van der Waals surface area contributed by atoms with Crippen LogP contribution >= 0.6 is 0 Å². The molecule has 3 heterocycles. The summed E-state index contributed by atoms with van der Waals surface area (Å²) >= 11 is 0. The average molecular weight is 628 g/mol. The summed E-state index contributed by atoms with van der Waals surface area (Å²) in [7, 11) is 0. The number of hydrogen-bond acceptors (Lipinski definition) is 6. The second kappa shape index (κ2) is 10.8. The van der Waals surface area contributed by atoms with Crippen molar-refractivity contribution in [1.82, 2.24) is 15.2 Å². The summed E-state index contributed by atoms with van der Waals surface area (Å²) in [6.07, 6.45) is -2.94. The summed E-state index contributed by atoms with van der Waals surface area (Å²) < 4.78 is 49.9. The molecule has 12 heteroatoms. The van der Waals surface area contributed by atoms with Crippen LogP contribution < -0.4 is 68.0 Å². The van der Waals surface area contributed by atoms with E-state index in [0.717, 1.165) is 6.42 Å². The smallest absolute Gasteiger partial charge is 0.845 e. The third-order valence-corrected chi connectivity index (χ3v) is 3.81. The maximum Gasteiger partial charge on any atom is 1.00 e. The molecule has 143 valence electrons. The molecule has 3 rings (SSSR count). The van der Waals surface area contributed by atoms with E-state index in [4.69, 9.17) is 14.9 Å². The molecule has 0 saturated heterocycles. The fraction of sp³-hybridized carbons (Fsp3) is 0.533. The molecule has 0 aliphatic carbocycles. The Morgan fingerprint density at radius 2 is 1.85 bits per heavy atom. The maximum atomic E-state index is 13.2. The Morgan fingerprint density at radius 3 is 2.56 bits per heavy atom. The van der Waals surface area contributed by atoms with Crippen LogP contribution in [0, 0.1) is 0 Å². The summed E-state index contributed by atoms with van der Waals surface area (Å²) in [6.45, 7) is 0.0583. The number of nitrogens with one attached hydrogen (secondary N) is 1. The van der Waals surface area contributed by atoms with Crippen molar-refractivity contribution in [3.63, 3.8) is 0 Å². The molecule has 0 spiro atoms. The van der Waals surface area contributed by atoms with Gasteiger partial charge in [0.2, 0.25) is 11.8 Å². The minimum Gasteiger partial charge on any atom is -0.845 e. The molecule has 1 aliphatic heterocycles. The molecule has 4 bridgehead atoms. The van der Waals surface area contributed by atoms with Crippen LogP contribution in [-0.2, 0) is 26.6 Å². The van der Waals surface area contributed by atoms with Gasteiger partial charge in [-0.15, -0.1) is 15.9 Å². The van der Waals surface area contributed by atoms with Gasteiger partial charge >= 0.3 is 64.4 Å². The molecule has 7 nitrogen and oxygen atoms in total. The van der Waals surface area contributed by atoms with E-state index in [1.165, 1.54) is 0 Å². The van der Waals surface area contributed by atoms with Crippen LogP contribution in [0.2, 0.25) is 0 Å². The van der Waals surface area contributed by atoms with E-state index >= 15 is 0 Å². The topological polar surface area (TPSA) is 108 Å². The molecule has 1 unspecified atom stereocenters. The molecule has 2 aromatic rings. The van der Waals surface area contributed by atoms with Gasteiger partial charge in [0.1, 0.15) is 11.3 Å². The van der Waals surface area contributed by atoms with E-state index in [2.05, 4.69) is 15.2 Å². The Hall–Kier alpha value is 0.108. The van der Waals surface area contributed by atoms with Crippen molar-refractivity contribution in [3.05, 3.63) is 23.3 Å². The van der Waals surface area contributed by atoms with E-state index in [9.17, 15) is 18.3 Å². The molecular formula is C15H15F3N4O3RbRe-. The van der Waals surface area contributed by atoms with Gasteiger partial charge in [0.15, 0.2) is 0 Å². The second-order valence-corrected chi connectivity index (χ2v) is 5.72. The molecule has 1 atom stereocenters. The molecule has 27 heavy (non-hydrogen) atoms. The molecule has 1 aliphatic rings. The van der Waals surface area contributed by atoms with Crippen LogP contribution in [0.5, 0.6) is 5.88 Å². The number of rotatable bonds is 0. The fourth-order valence-electron chi connectivity index (χ4n) is 2.51. The summed E-state index contributed by atoms with van der Waals surface area (Å²) in [5.74, 6) is -1.05. The quantitative estimate of drug-likeness (QED) is 0.423. The Bertz CT molecular complexity index is 760. The first-order chi connectivity index (χ1) is 11.9. The predicted molar refractivity (Wildman–Crippen MR) is 77.8 cm³/mol. The first-order valence-electron chi connectivity index (χ1n) is 7.82. The monoisotopic (exact) mass is 628 g/mol. The van der Waals surface area contributed by atoms with Gasteiger partial charge < -0.3 is 20.0 Å². The largest absolute Gasteiger partial charge is 1.00 e. The molecule has 0 fully saturated rings.